The van der Waals surface area contributed by atoms with Gasteiger partial charge in [0.2, 0.25) is 0 Å². The summed E-state index contributed by atoms with van der Waals surface area (Å²) < 4.78 is 17.4. The van der Waals surface area contributed by atoms with Crippen molar-refractivity contribution in [2.45, 2.75) is 6.92 Å². The third-order valence-electron chi connectivity index (χ3n) is 1.65. The van der Waals surface area contributed by atoms with Crippen molar-refractivity contribution in [2.24, 2.45) is 0 Å². The number of carbonyl (C=O) groups excluding carboxylic acids is 1. The molecule has 0 aliphatic rings. The minimum Gasteiger partial charge on any atom is -0.463 e. The molecule has 0 unspecified atom stereocenters. The normalized spacial score (nSPS) is 10.6. The standard InChI is InChI=1S/C11H10ClFO2/c1-2-15-11(14)6-4-8-3-5-9(13)7-10(8)12/h3-7H,2H2,1H3. The summed E-state index contributed by atoms with van der Waals surface area (Å²) in [5.41, 5.74) is 0.575. The highest BCUT2D eigenvalue weighted by molar-refractivity contribution is 6.32. The Bertz CT molecular complexity index is 388. The average Bonchev–Trinajstić information content (AvgIpc) is 2.17. The highest BCUT2D eigenvalue weighted by Gasteiger charge is 1.99. The van der Waals surface area contributed by atoms with Crippen molar-refractivity contribution in [3.05, 3.63) is 40.7 Å². The molecule has 0 aliphatic heterocycles. The second-order valence-corrected chi connectivity index (χ2v) is 3.16. The molecule has 0 bridgehead atoms. The summed E-state index contributed by atoms with van der Waals surface area (Å²) in [6, 6.07) is 3.95. The van der Waals surface area contributed by atoms with Crippen molar-refractivity contribution in [2.75, 3.05) is 6.61 Å². The van der Waals surface area contributed by atoms with Crippen LogP contribution in [0.15, 0.2) is 24.3 Å². The average molecular weight is 229 g/mol. The zero-order chi connectivity index (χ0) is 11.3. The smallest absolute Gasteiger partial charge is 0.330 e. The van der Waals surface area contributed by atoms with Crippen molar-refractivity contribution >= 4 is 23.6 Å². The number of halogens is 2. The number of hydrogen-bond acceptors (Lipinski definition) is 2. The molecule has 0 heterocycles. The number of esters is 1. The first-order chi connectivity index (χ1) is 7.13. The van der Waals surface area contributed by atoms with Gasteiger partial charge < -0.3 is 4.74 Å². The Morgan fingerprint density at radius 1 is 1.60 bits per heavy atom. The Morgan fingerprint density at radius 2 is 2.33 bits per heavy atom. The van der Waals surface area contributed by atoms with Gasteiger partial charge in [-0.25, -0.2) is 9.18 Å². The zero-order valence-electron chi connectivity index (χ0n) is 8.17. The van der Waals surface area contributed by atoms with E-state index in [-0.39, 0.29) is 5.02 Å². The Hall–Kier alpha value is -1.35. The molecule has 0 fully saturated rings. The Morgan fingerprint density at radius 3 is 2.93 bits per heavy atom. The van der Waals surface area contributed by atoms with E-state index in [0.29, 0.717) is 12.2 Å². The van der Waals surface area contributed by atoms with Gasteiger partial charge in [-0.05, 0) is 30.7 Å². The van der Waals surface area contributed by atoms with Crippen LogP contribution in [-0.2, 0) is 9.53 Å². The lowest BCUT2D eigenvalue weighted by atomic mass is 10.2. The van der Waals surface area contributed by atoms with Crippen molar-refractivity contribution in [1.29, 1.82) is 0 Å². The zero-order valence-corrected chi connectivity index (χ0v) is 8.92. The van der Waals surface area contributed by atoms with Crippen LogP contribution >= 0.6 is 11.6 Å². The first kappa shape index (κ1) is 11.7. The van der Waals surface area contributed by atoms with E-state index in [1.807, 2.05) is 0 Å². The molecular weight excluding hydrogens is 219 g/mol. The molecule has 80 valence electrons. The number of rotatable bonds is 3. The predicted octanol–water partition coefficient (Wildman–Crippen LogP) is 3.06. The molecule has 0 amide bonds. The predicted molar refractivity (Wildman–Crippen MR) is 57.1 cm³/mol. The lowest BCUT2D eigenvalue weighted by molar-refractivity contribution is -0.137. The fraction of sp³-hybridized carbons (Fsp3) is 0.182. The maximum atomic E-state index is 12.7. The van der Waals surface area contributed by atoms with E-state index < -0.39 is 11.8 Å². The van der Waals surface area contributed by atoms with Crippen LogP contribution in [0.2, 0.25) is 5.02 Å². The lowest BCUT2D eigenvalue weighted by Gasteiger charge is -1.98. The monoisotopic (exact) mass is 228 g/mol. The molecule has 4 heteroatoms. The second-order valence-electron chi connectivity index (χ2n) is 2.75. The quantitative estimate of drug-likeness (QED) is 0.587. The Kier molecular flexibility index (Phi) is 4.31. The van der Waals surface area contributed by atoms with E-state index in [0.717, 1.165) is 0 Å². The summed E-state index contributed by atoms with van der Waals surface area (Å²) in [5, 5.41) is 0.260. The molecule has 0 saturated heterocycles. The van der Waals surface area contributed by atoms with Crippen LogP contribution in [0.25, 0.3) is 6.08 Å². The van der Waals surface area contributed by atoms with Gasteiger partial charge in [-0.2, -0.15) is 0 Å². The van der Waals surface area contributed by atoms with E-state index in [1.165, 1.54) is 30.4 Å². The molecule has 2 nitrogen and oxygen atoms in total. The Balaban J connectivity index is 2.76. The van der Waals surface area contributed by atoms with Gasteiger partial charge in [0.05, 0.1) is 11.6 Å². The summed E-state index contributed by atoms with van der Waals surface area (Å²) in [7, 11) is 0. The van der Waals surface area contributed by atoms with Gasteiger partial charge in [-0.3, -0.25) is 0 Å². The van der Waals surface area contributed by atoms with Gasteiger partial charge in [0, 0.05) is 6.08 Å². The first-order valence-corrected chi connectivity index (χ1v) is 4.81. The van der Waals surface area contributed by atoms with Crippen molar-refractivity contribution in [3.8, 4) is 0 Å². The summed E-state index contributed by atoms with van der Waals surface area (Å²) >= 11 is 5.75. The third-order valence-corrected chi connectivity index (χ3v) is 1.98. The second kappa shape index (κ2) is 5.51. The fourth-order valence-electron chi connectivity index (χ4n) is 0.985. The summed E-state index contributed by atoms with van der Waals surface area (Å²) in [6.45, 7) is 2.04. The van der Waals surface area contributed by atoms with E-state index in [9.17, 15) is 9.18 Å². The molecule has 1 aromatic carbocycles. The number of carbonyl (C=O) groups is 1. The fourth-order valence-corrected chi connectivity index (χ4v) is 1.22. The SMILES string of the molecule is CCOC(=O)C=Cc1ccc(F)cc1Cl. The molecule has 0 aliphatic carbocycles. The lowest BCUT2D eigenvalue weighted by Crippen LogP contribution is -1.98. The van der Waals surface area contributed by atoms with E-state index in [2.05, 4.69) is 4.74 Å². The number of ether oxygens (including phenoxy) is 1. The minimum atomic E-state index is -0.446. The van der Waals surface area contributed by atoms with Gasteiger partial charge in [0.25, 0.3) is 0 Å². The van der Waals surface area contributed by atoms with Crippen molar-refractivity contribution in [3.63, 3.8) is 0 Å². The molecule has 0 saturated carbocycles. The largest absolute Gasteiger partial charge is 0.463 e. The van der Waals surface area contributed by atoms with Gasteiger partial charge in [-0.1, -0.05) is 17.7 Å². The molecule has 0 N–H and O–H groups in total. The van der Waals surface area contributed by atoms with Crippen LogP contribution in [0.3, 0.4) is 0 Å². The first-order valence-electron chi connectivity index (χ1n) is 4.43. The van der Waals surface area contributed by atoms with Gasteiger partial charge >= 0.3 is 5.97 Å². The summed E-state index contributed by atoms with van der Waals surface area (Å²) in [6.07, 6.45) is 2.74. The topological polar surface area (TPSA) is 26.3 Å². The van der Waals surface area contributed by atoms with Crippen LogP contribution in [0, 0.1) is 5.82 Å². The molecular formula is C11H10ClFO2. The minimum absolute atomic E-state index is 0.260. The molecule has 0 spiro atoms. The van der Waals surface area contributed by atoms with Crippen LogP contribution in [-0.4, -0.2) is 12.6 Å². The molecule has 15 heavy (non-hydrogen) atoms. The van der Waals surface area contributed by atoms with E-state index in [4.69, 9.17) is 11.6 Å². The highest BCUT2D eigenvalue weighted by Crippen LogP contribution is 2.18. The third kappa shape index (κ3) is 3.72. The Labute approximate surface area is 92.3 Å². The molecule has 0 aromatic heterocycles. The molecule has 1 rings (SSSR count). The molecule has 0 atom stereocenters. The van der Waals surface area contributed by atoms with Crippen molar-refractivity contribution in [1.82, 2.24) is 0 Å². The van der Waals surface area contributed by atoms with Gasteiger partial charge in [0.1, 0.15) is 5.82 Å². The summed E-state index contributed by atoms with van der Waals surface area (Å²) in [4.78, 5) is 11.0. The molecule has 1 aromatic rings. The van der Waals surface area contributed by atoms with E-state index in [1.54, 1.807) is 6.92 Å². The van der Waals surface area contributed by atoms with Gasteiger partial charge in [0.15, 0.2) is 0 Å². The van der Waals surface area contributed by atoms with E-state index >= 15 is 0 Å². The van der Waals surface area contributed by atoms with Crippen LogP contribution in [0.4, 0.5) is 4.39 Å². The maximum absolute atomic E-state index is 12.7. The maximum Gasteiger partial charge on any atom is 0.330 e. The van der Waals surface area contributed by atoms with Crippen LogP contribution in [0.5, 0.6) is 0 Å². The highest BCUT2D eigenvalue weighted by atomic mass is 35.5. The van der Waals surface area contributed by atoms with Crippen molar-refractivity contribution < 1.29 is 13.9 Å². The van der Waals surface area contributed by atoms with Crippen LogP contribution < -0.4 is 0 Å². The number of benzene rings is 1. The summed E-state index contributed by atoms with van der Waals surface area (Å²) in [5.74, 6) is -0.855. The number of hydrogen-bond donors (Lipinski definition) is 0. The molecule has 0 radical (unpaired) electrons. The van der Waals surface area contributed by atoms with Crippen LogP contribution in [0.1, 0.15) is 12.5 Å². The van der Waals surface area contributed by atoms with Gasteiger partial charge in [-0.15, -0.1) is 0 Å².